The number of halogens is 1. The Labute approximate surface area is 96.4 Å². The third-order valence-electron chi connectivity index (χ3n) is 2.30. The van der Waals surface area contributed by atoms with Gasteiger partial charge in [0.15, 0.2) is 0 Å². The molecule has 5 nitrogen and oxygen atoms in total. The first-order valence-corrected chi connectivity index (χ1v) is 5.48. The minimum Gasteiger partial charge on any atom is -0.468 e. The van der Waals surface area contributed by atoms with Crippen LogP contribution < -0.4 is 8.85 Å². The van der Waals surface area contributed by atoms with Crippen molar-refractivity contribution in [3.63, 3.8) is 0 Å². The van der Waals surface area contributed by atoms with Crippen molar-refractivity contribution < 1.29 is 14.3 Å². The van der Waals surface area contributed by atoms with E-state index in [0.29, 0.717) is 13.0 Å². The molecule has 0 spiro atoms. The van der Waals surface area contributed by atoms with Gasteiger partial charge in [-0.2, -0.15) is 0 Å². The summed E-state index contributed by atoms with van der Waals surface area (Å²) in [6, 6.07) is -0.394. The molecule has 1 rings (SSSR count). The number of rotatable bonds is 4. The molecule has 1 unspecified atom stereocenters. The number of methoxy groups -OCH3 is 1. The summed E-state index contributed by atoms with van der Waals surface area (Å²) < 4.78 is 7.43. The molecule has 1 amide bonds. The van der Waals surface area contributed by atoms with E-state index in [1.54, 1.807) is 0 Å². The van der Waals surface area contributed by atoms with E-state index >= 15 is 0 Å². The van der Waals surface area contributed by atoms with Gasteiger partial charge in [0.05, 0.1) is 7.11 Å². The molecule has 1 fully saturated rings. The number of carbonyl (C=O) groups excluding carboxylic acids is 2. The van der Waals surface area contributed by atoms with Crippen LogP contribution in [0.5, 0.6) is 0 Å². The van der Waals surface area contributed by atoms with Gasteiger partial charge in [0.1, 0.15) is 6.04 Å². The molecule has 2 atom stereocenters. The molecule has 1 aliphatic heterocycles. The summed E-state index contributed by atoms with van der Waals surface area (Å²) in [5.74, 6) is -0.356. The fourth-order valence-corrected chi connectivity index (χ4v) is 1.99. The van der Waals surface area contributed by atoms with Crippen LogP contribution in [0.25, 0.3) is 0 Å². The number of carbonyl (C=O) groups is 2. The van der Waals surface area contributed by atoms with E-state index in [0.717, 1.165) is 6.42 Å². The Morgan fingerprint density at radius 3 is 3.00 bits per heavy atom. The van der Waals surface area contributed by atoms with Crippen molar-refractivity contribution in [1.82, 2.24) is 8.85 Å². The van der Waals surface area contributed by atoms with Crippen LogP contribution in [-0.4, -0.2) is 31.6 Å². The number of nitrogens with one attached hydrogen (secondary N) is 2. The highest BCUT2D eigenvalue weighted by Crippen LogP contribution is 2.17. The maximum Gasteiger partial charge on any atom is 0.323 e. The zero-order chi connectivity index (χ0) is 10.6. The first-order chi connectivity index (χ1) is 6.69. The van der Waals surface area contributed by atoms with E-state index in [-0.39, 0.29) is 17.8 Å². The molecule has 0 aromatic heterocycles. The molecule has 14 heavy (non-hydrogen) atoms. The predicted octanol–water partition coefficient (Wildman–Crippen LogP) is -0.00620. The molecule has 1 heterocycles. The van der Waals surface area contributed by atoms with E-state index in [2.05, 4.69) is 13.6 Å². The molecule has 6 heteroatoms. The van der Waals surface area contributed by atoms with Crippen LogP contribution >= 0.6 is 22.9 Å². The first-order valence-electron chi connectivity index (χ1n) is 4.40. The number of esters is 1. The third kappa shape index (κ3) is 2.81. The van der Waals surface area contributed by atoms with Crippen molar-refractivity contribution in [3.8, 4) is 0 Å². The molecular formula is C8H13IN2O3. The predicted molar refractivity (Wildman–Crippen MR) is 58.7 cm³/mol. The number of hydrogen-bond acceptors (Lipinski definition) is 4. The maximum atomic E-state index is 11.2. The largest absolute Gasteiger partial charge is 0.468 e. The zero-order valence-electron chi connectivity index (χ0n) is 7.88. The van der Waals surface area contributed by atoms with Crippen LogP contribution in [0, 0.1) is 5.92 Å². The molecule has 0 saturated carbocycles. The van der Waals surface area contributed by atoms with E-state index in [1.165, 1.54) is 7.11 Å². The topological polar surface area (TPSA) is 67.4 Å². The van der Waals surface area contributed by atoms with Crippen LogP contribution in [0.1, 0.15) is 12.8 Å². The molecular weight excluding hydrogens is 299 g/mol. The van der Waals surface area contributed by atoms with Gasteiger partial charge in [-0.25, -0.2) is 3.53 Å². The van der Waals surface area contributed by atoms with Gasteiger partial charge >= 0.3 is 5.97 Å². The Bertz CT molecular complexity index is 235. The van der Waals surface area contributed by atoms with Crippen LogP contribution in [0.15, 0.2) is 0 Å². The molecule has 0 aromatic rings. The lowest BCUT2D eigenvalue weighted by atomic mass is 9.99. The summed E-state index contributed by atoms with van der Waals surface area (Å²) in [4.78, 5) is 22.5. The highest BCUT2D eigenvalue weighted by atomic mass is 127. The number of amides is 1. The minimum atomic E-state index is -0.394. The second-order valence-electron chi connectivity index (χ2n) is 3.20. The summed E-state index contributed by atoms with van der Waals surface area (Å²) >= 11 is 1.90. The average Bonchev–Trinajstić information content (AvgIpc) is 2.59. The second kappa shape index (κ2) is 5.50. The first kappa shape index (κ1) is 11.7. The standard InChI is InChI=1S/C8H13IN2O3/c1-14-8(13)6(11-9)4-5-2-3-10-7(5)12/h5-6,11H,2-4H2,1H3,(H,10,12)/t5?,6-/m0/s1. The molecule has 0 aliphatic carbocycles. The smallest absolute Gasteiger partial charge is 0.323 e. The Morgan fingerprint density at radius 1 is 1.86 bits per heavy atom. The van der Waals surface area contributed by atoms with Gasteiger partial charge in [0, 0.05) is 35.3 Å². The van der Waals surface area contributed by atoms with Gasteiger partial charge in [-0.3, -0.25) is 9.59 Å². The lowest BCUT2D eigenvalue weighted by molar-refractivity contribution is -0.143. The van der Waals surface area contributed by atoms with Crippen molar-refractivity contribution in [1.29, 1.82) is 0 Å². The average molecular weight is 312 g/mol. The van der Waals surface area contributed by atoms with Crippen molar-refractivity contribution in [2.24, 2.45) is 5.92 Å². The zero-order valence-corrected chi connectivity index (χ0v) is 10.0. The normalized spacial score (nSPS) is 23.0. The molecule has 0 radical (unpaired) electrons. The second-order valence-corrected chi connectivity index (χ2v) is 3.82. The van der Waals surface area contributed by atoms with Gasteiger partial charge in [-0.15, -0.1) is 0 Å². The highest BCUT2D eigenvalue weighted by Gasteiger charge is 2.30. The summed E-state index contributed by atoms with van der Waals surface area (Å²) in [5, 5.41) is 2.73. The lowest BCUT2D eigenvalue weighted by Gasteiger charge is -2.14. The fourth-order valence-electron chi connectivity index (χ4n) is 1.48. The van der Waals surface area contributed by atoms with Crippen molar-refractivity contribution >= 4 is 34.7 Å². The summed E-state index contributed by atoms with van der Waals surface area (Å²) in [5.41, 5.74) is 0. The monoisotopic (exact) mass is 312 g/mol. The molecule has 80 valence electrons. The van der Waals surface area contributed by atoms with Crippen LogP contribution in [0.3, 0.4) is 0 Å². The SMILES string of the molecule is COC(=O)[C@H](CC1CCNC1=O)NI. The highest BCUT2D eigenvalue weighted by molar-refractivity contribution is 14.1. The number of ether oxygens (including phenoxy) is 1. The quantitative estimate of drug-likeness (QED) is 0.435. The molecule has 0 aromatic carbocycles. The summed E-state index contributed by atoms with van der Waals surface area (Å²) in [7, 11) is 1.35. The van der Waals surface area contributed by atoms with Gasteiger partial charge < -0.3 is 10.1 Å². The number of hydrogen-bond donors (Lipinski definition) is 2. The molecule has 1 aliphatic rings. The minimum absolute atomic E-state index is 0.0329. The third-order valence-corrected chi connectivity index (χ3v) is 3.05. The fraction of sp³-hybridized carbons (Fsp3) is 0.750. The van der Waals surface area contributed by atoms with Gasteiger partial charge in [-0.1, -0.05) is 0 Å². The van der Waals surface area contributed by atoms with Crippen LogP contribution in [0.2, 0.25) is 0 Å². The van der Waals surface area contributed by atoms with Gasteiger partial charge in [0.2, 0.25) is 5.91 Å². The lowest BCUT2D eigenvalue weighted by Crippen LogP contribution is -2.35. The van der Waals surface area contributed by atoms with Gasteiger partial charge in [-0.05, 0) is 12.8 Å². The Balaban J connectivity index is 2.47. The Hall–Kier alpha value is -0.370. The maximum absolute atomic E-state index is 11.2. The Kier molecular flexibility index (Phi) is 4.59. The van der Waals surface area contributed by atoms with Crippen LogP contribution in [0.4, 0.5) is 0 Å². The molecule has 1 saturated heterocycles. The Morgan fingerprint density at radius 2 is 2.57 bits per heavy atom. The van der Waals surface area contributed by atoms with E-state index in [1.807, 2.05) is 22.9 Å². The summed E-state index contributed by atoms with van der Waals surface area (Å²) in [6.07, 6.45) is 1.30. The molecule has 2 N–H and O–H groups in total. The van der Waals surface area contributed by atoms with Crippen molar-refractivity contribution in [2.45, 2.75) is 18.9 Å². The molecule has 0 bridgehead atoms. The van der Waals surface area contributed by atoms with Crippen LogP contribution in [-0.2, 0) is 14.3 Å². The van der Waals surface area contributed by atoms with Crippen molar-refractivity contribution in [2.75, 3.05) is 13.7 Å². The van der Waals surface area contributed by atoms with E-state index < -0.39 is 6.04 Å². The van der Waals surface area contributed by atoms with E-state index in [4.69, 9.17) is 0 Å². The summed E-state index contributed by atoms with van der Waals surface area (Å²) in [6.45, 7) is 0.707. The van der Waals surface area contributed by atoms with E-state index in [9.17, 15) is 9.59 Å². The van der Waals surface area contributed by atoms with Crippen molar-refractivity contribution in [3.05, 3.63) is 0 Å². The van der Waals surface area contributed by atoms with Gasteiger partial charge in [0.25, 0.3) is 0 Å².